The van der Waals surface area contributed by atoms with E-state index in [0.29, 0.717) is 6.54 Å². The summed E-state index contributed by atoms with van der Waals surface area (Å²) in [5.41, 5.74) is 0.632. The second-order valence-electron chi connectivity index (χ2n) is 7.34. The second kappa shape index (κ2) is 9.17. The molecule has 0 aromatic heterocycles. The van der Waals surface area contributed by atoms with Gasteiger partial charge in [0, 0.05) is 19.1 Å². The van der Waals surface area contributed by atoms with Crippen molar-refractivity contribution in [2.24, 2.45) is 0 Å². The molecule has 1 aliphatic heterocycles. The predicted molar refractivity (Wildman–Crippen MR) is 103 cm³/mol. The third-order valence-corrected chi connectivity index (χ3v) is 5.94. The lowest BCUT2D eigenvalue weighted by Crippen LogP contribution is -2.47. The molecule has 1 aromatic carbocycles. The van der Waals surface area contributed by atoms with Crippen LogP contribution in [0.15, 0.2) is 30.3 Å². The molecule has 0 aliphatic carbocycles. The van der Waals surface area contributed by atoms with E-state index in [1.165, 1.54) is 0 Å². The number of rotatable bonds is 7. The molecule has 1 saturated heterocycles. The fraction of sp³-hybridized carbons (Fsp3) is 0.619. The van der Waals surface area contributed by atoms with E-state index in [1.807, 2.05) is 35.0 Å². The van der Waals surface area contributed by atoms with Crippen molar-refractivity contribution in [2.45, 2.75) is 57.4 Å². The Balaban J connectivity index is 2.14. The summed E-state index contributed by atoms with van der Waals surface area (Å²) in [5.74, 6) is -0.583. The lowest BCUT2D eigenvalue weighted by Gasteiger charge is -2.36. The highest BCUT2D eigenvalue weighted by molar-refractivity contribution is 5.88. The molecule has 144 valence electrons. The van der Waals surface area contributed by atoms with Crippen LogP contribution in [-0.2, 0) is 15.0 Å². The third kappa shape index (κ3) is 4.44. The Kier molecular flexibility index (Phi) is 7.21. The van der Waals surface area contributed by atoms with Gasteiger partial charge in [-0.05, 0) is 44.7 Å². The quantitative estimate of drug-likeness (QED) is 0.811. The first kappa shape index (κ1) is 20.4. The molecule has 1 atom stereocenters. The minimum atomic E-state index is -0.801. The number of carboxylic acid groups (broad SMARTS) is 1. The first-order chi connectivity index (χ1) is 12.4. The Morgan fingerprint density at radius 2 is 1.81 bits per heavy atom. The number of benzene rings is 1. The summed E-state index contributed by atoms with van der Waals surface area (Å²) in [4.78, 5) is 28.4. The maximum Gasteiger partial charge on any atom is 0.317 e. The van der Waals surface area contributed by atoms with Crippen molar-refractivity contribution in [1.82, 2.24) is 9.80 Å². The van der Waals surface area contributed by atoms with Crippen molar-refractivity contribution in [3.05, 3.63) is 35.9 Å². The Labute approximate surface area is 157 Å². The van der Waals surface area contributed by atoms with E-state index < -0.39 is 11.4 Å². The highest BCUT2D eigenvalue weighted by atomic mass is 16.4. The maximum absolute atomic E-state index is 13.5. The third-order valence-electron chi connectivity index (χ3n) is 5.94. The normalized spacial score (nSPS) is 18.6. The summed E-state index contributed by atoms with van der Waals surface area (Å²) in [6.07, 6.45) is 4.24. The van der Waals surface area contributed by atoms with Crippen molar-refractivity contribution in [1.29, 1.82) is 0 Å². The molecular formula is C21H32N2O3. The fourth-order valence-electron chi connectivity index (χ4n) is 4.21. The van der Waals surface area contributed by atoms with Crippen LogP contribution in [0, 0.1) is 0 Å². The van der Waals surface area contributed by atoms with Crippen LogP contribution in [-0.4, -0.2) is 59.5 Å². The molecule has 5 nitrogen and oxygen atoms in total. The van der Waals surface area contributed by atoms with Gasteiger partial charge in [-0.2, -0.15) is 0 Å². The first-order valence-corrected chi connectivity index (χ1v) is 9.71. The van der Waals surface area contributed by atoms with Crippen LogP contribution >= 0.6 is 0 Å². The molecule has 1 N–H and O–H groups in total. The van der Waals surface area contributed by atoms with Gasteiger partial charge in [0.15, 0.2) is 0 Å². The molecule has 1 fully saturated rings. The van der Waals surface area contributed by atoms with Gasteiger partial charge in [-0.1, -0.05) is 44.2 Å². The Morgan fingerprint density at radius 1 is 1.15 bits per heavy atom. The molecule has 0 saturated carbocycles. The largest absolute Gasteiger partial charge is 0.480 e. The summed E-state index contributed by atoms with van der Waals surface area (Å²) in [5, 5.41) is 9.02. The number of amides is 1. The summed E-state index contributed by atoms with van der Waals surface area (Å²) in [6, 6.07) is 10.3. The van der Waals surface area contributed by atoms with Crippen LogP contribution in [0.5, 0.6) is 0 Å². The van der Waals surface area contributed by atoms with Gasteiger partial charge < -0.3 is 10.0 Å². The first-order valence-electron chi connectivity index (χ1n) is 9.71. The molecule has 1 aromatic rings. The van der Waals surface area contributed by atoms with Gasteiger partial charge in [0.1, 0.15) is 0 Å². The molecule has 2 rings (SSSR count). The van der Waals surface area contributed by atoms with E-state index in [-0.39, 0.29) is 18.5 Å². The van der Waals surface area contributed by atoms with Crippen molar-refractivity contribution in [3.63, 3.8) is 0 Å². The summed E-state index contributed by atoms with van der Waals surface area (Å²) < 4.78 is 0. The zero-order valence-corrected chi connectivity index (χ0v) is 16.3. The lowest BCUT2D eigenvalue weighted by molar-refractivity contribution is -0.139. The Bertz CT molecular complexity index is 599. The summed E-state index contributed by atoms with van der Waals surface area (Å²) in [6.45, 7) is 5.69. The number of aliphatic carboxylic acids is 1. The second-order valence-corrected chi connectivity index (χ2v) is 7.34. The lowest BCUT2D eigenvalue weighted by atomic mass is 9.74. The van der Waals surface area contributed by atoms with E-state index in [1.54, 1.807) is 0 Å². The molecule has 0 bridgehead atoms. The summed E-state index contributed by atoms with van der Waals surface area (Å²) in [7, 11) is 1.86. The van der Waals surface area contributed by atoms with E-state index in [9.17, 15) is 9.59 Å². The van der Waals surface area contributed by atoms with Gasteiger partial charge in [-0.25, -0.2) is 0 Å². The monoisotopic (exact) mass is 360 g/mol. The van der Waals surface area contributed by atoms with E-state index in [0.717, 1.165) is 44.2 Å². The highest BCUT2D eigenvalue weighted by Crippen LogP contribution is 2.34. The number of nitrogens with zero attached hydrogens (tertiary/aromatic N) is 2. The molecule has 0 radical (unpaired) electrons. The molecular weight excluding hydrogens is 328 g/mol. The van der Waals surface area contributed by atoms with E-state index in [2.05, 4.69) is 26.0 Å². The molecule has 1 aliphatic rings. The molecule has 1 unspecified atom stereocenters. The number of hydrogen-bond donors (Lipinski definition) is 1. The van der Waals surface area contributed by atoms with Gasteiger partial charge in [0.25, 0.3) is 0 Å². The maximum atomic E-state index is 13.5. The number of carbonyl (C=O) groups excluding carboxylic acids is 1. The average Bonchev–Trinajstić information content (AvgIpc) is 2.89. The summed E-state index contributed by atoms with van der Waals surface area (Å²) >= 11 is 0. The van der Waals surface area contributed by atoms with Gasteiger partial charge in [-0.15, -0.1) is 0 Å². The van der Waals surface area contributed by atoms with Crippen LogP contribution in [0.4, 0.5) is 0 Å². The predicted octanol–water partition coefficient (Wildman–Crippen LogP) is 3.14. The van der Waals surface area contributed by atoms with E-state index >= 15 is 0 Å². The Hall–Kier alpha value is -1.88. The number of hydrogen-bond acceptors (Lipinski definition) is 3. The minimum Gasteiger partial charge on any atom is -0.480 e. The van der Waals surface area contributed by atoms with Crippen LogP contribution in [0.2, 0.25) is 0 Å². The average molecular weight is 360 g/mol. The van der Waals surface area contributed by atoms with Gasteiger partial charge in [0.05, 0.1) is 12.0 Å². The van der Waals surface area contributed by atoms with Crippen molar-refractivity contribution >= 4 is 11.9 Å². The molecule has 26 heavy (non-hydrogen) atoms. The van der Waals surface area contributed by atoms with Crippen LogP contribution in [0.25, 0.3) is 0 Å². The molecule has 1 amide bonds. The Morgan fingerprint density at radius 3 is 2.38 bits per heavy atom. The van der Waals surface area contributed by atoms with Crippen LogP contribution < -0.4 is 0 Å². The van der Waals surface area contributed by atoms with Crippen LogP contribution in [0.1, 0.15) is 51.5 Å². The molecule has 5 heteroatoms. The fourth-order valence-corrected chi connectivity index (χ4v) is 4.21. The van der Waals surface area contributed by atoms with Gasteiger partial charge in [0.2, 0.25) is 5.91 Å². The van der Waals surface area contributed by atoms with Crippen molar-refractivity contribution in [3.8, 4) is 0 Å². The van der Waals surface area contributed by atoms with Crippen LogP contribution in [0.3, 0.4) is 0 Å². The minimum absolute atomic E-state index is 0.0521. The highest BCUT2D eigenvalue weighted by Gasteiger charge is 2.40. The number of carboxylic acids is 1. The van der Waals surface area contributed by atoms with Crippen molar-refractivity contribution < 1.29 is 14.7 Å². The number of likely N-dealkylation sites (tertiary alicyclic amines) is 1. The molecule has 0 spiro atoms. The number of carbonyl (C=O) groups is 2. The number of likely N-dealkylation sites (N-methyl/N-ethyl adjacent to an activating group) is 1. The zero-order valence-electron chi connectivity index (χ0n) is 16.3. The van der Waals surface area contributed by atoms with E-state index in [4.69, 9.17) is 5.11 Å². The zero-order chi connectivity index (χ0) is 19.2. The standard InChI is InChI=1S/C21H32N2O3/c1-4-21(5-2,17-10-7-6-8-11-17)20(26)23-14-9-12-18(13-15-23)22(3)16-19(24)25/h6-8,10-11,18H,4-5,9,12-16H2,1-3H3,(H,24,25). The SMILES string of the molecule is CCC(CC)(C(=O)N1CCCC(N(C)CC(=O)O)CC1)c1ccccc1. The van der Waals surface area contributed by atoms with Gasteiger partial charge >= 0.3 is 5.97 Å². The topological polar surface area (TPSA) is 60.9 Å². The van der Waals surface area contributed by atoms with Crippen molar-refractivity contribution in [2.75, 3.05) is 26.7 Å². The van der Waals surface area contributed by atoms with Gasteiger partial charge in [-0.3, -0.25) is 14.5 Å². The molecule has 1 heterocycles. The smallest absolute Gasteiger partial charge is 0.317 e.